The normalized spacial score (nSPS) is 23.5. The summed E-state index contributed by atoms with van der Waals surface area (Å²) in [7, 11) is 1.40. The van der Waals surface area contributed by atoms with Gasteiger partial charge in [-0.05, 0) is 24.6 Å². The number of aliphatic hydroxyl groups is 1. The Morgan fingerprint density at radius 1 is 1.16 bits per heavy atom. The second-order valence-electron chi connectivity index (χ2n) is 6.89. The van der Waals surface area contributed by atoms with Crippen molar-refractivity contribution < 1.29 is 37.3 Å². The number of alkyl halides is 3. The number of amides is 2. The second-order valence-corrected chi connectivity index (χ2v) is 6.89. The molecule has 1 fully saturated rings. The number of hydrogen-bond donors (Lipinski definition) is 3. The number of nitrogens with one attached hydrogen (secondary N) is 2. The summed E-state index contributed by atoms with van der Waals surface area (Å²) in [6.45, 7) is 1.96. The second kappa shape index (κ2) is 8.46. The van der Waals surface area contributed by atoms with Crippen LogP contribution < -0.4 is 20.1 Å². The van der Waals surface area contributed by atoms with Crippen LogP contribution in [0.3, 0.4) is 0 Å². The highest BCUT2D eigenvalue weighted by atomic mass is 19.4. The number of halogens is 3. The summed E-state index contributed by atoms with van der Waals surface area (Å²) in [4.78, 5) is 25.3. The molecule has 0 aliphatic carbocycles. The summed E-state index contributed by atoms with van der Waals surface area (Å²) in [6, 6.07) is 8.72. The molecule has 2 aromatic carbocycles. The van der Waals surface area contributed by atoms with E-state index in [1.165, 1.54) is 54.9 Å². The monoisotopic (exact) mass is 438 g/mol. The topological polar surface area (TPSA) is 96.9 Å². The Balaban J connectivity index is 2.17. The van der Waals surface area contributed by atoms with Crippen LogP contribution in [0.4, 0.5) is 18.0 Å². The van der Waals surface area contributed by atoms with E-state index in [4.69, 9.17) is 9.47 Å². The lowest BCUT2D eigenvalue weighted by Crippen LogP contribution is -2.72. The smallest absolute Gasteiger partial charge is 0.437 e. The van der Waals surface area contributed by atoms with E-state index < -0.39 is 35.7 Å². The fourth-order valence-corrected chi connectivity index (χ4v) is 3.55. The summed E-state index contributed by atoms with van der Waals surface area (Å²) in [5, 5.41) is 14.4. The van der Waals surface area contributed by atoms with E-state index in [-0.39, 0.29) is 23.5 Å². The van der Waals surface area contributed by atoms with E-state index >= 15 is 0 Å². The number of Topliss-reactive ketones (excluding diaryl/α,β-unsaturated/α-hetero) is 1. The van der Waals surface area contributed by atoms with Gasteiger partial charge in [0.1, 0.15) is 5.92 Å². The van der Waals surface area contributed by atoms with E-state index in [0.29, 0.717) is 5.75 Å². The number of methoxy groups -OCH3 is 1. The number of carbonyl (C=O) groups is 2. The Bertz CT molecular complexity index is 967. The molecule has 1 saturated heterocycles. The molecule has 0 spiro atoms. The highest BCUT2D eigenvalue weighted by Gasteiger charge is 2.66. The summed E-state index contributed by atoms with van der Waals surface area (Å²) < 4.78 is 52.5. The van der Waals surface area contributed by atoms with Crippen LogP contribution in [-0.2, 0) is 0 Å². The molecule has 0 unspecified atom stereocenters. The van der Waals surface area contributed by atoms with Crippen molar-refractivity contribution in [3.8, 4) is 11.5 Å². The molecule has 3 rings (SSSR count). The molecule has 0 radical (unpaired) electrons. The predicted octanol–water partition coefficient (Wildman–Crippen LogP) is 3.20. The maximum absolute atomic E-state index is 13.9. The third-order valence-electron chi connectivity index (χ3n) is 4.99. The maximum Gasteiger partial charge on any atom is 0.437 e. The Labute approximate surface area is 176 Å². The molecule has 31 heavy (non-hydrogen) atoms. The zero-order chi connectivity index (χ0) is 22.8. The zero-order valence-electron chi connectivity index (χ0n) is 16.7. The molecule has 0 bridgehead atoms. The van der Waals surface area contributed by atoms with Gasteiger partial charge in [-0.15, -0.1) is 0 Å². The highest BCUT2D eigenvalue weighted by Crippen LogP contribution is 2.45. The summed E-state index contributed by atoms with van der Waals surface area (Å²) >= 11 is 0. The van der Waals surface area contributed by atoms with Gasteiger partial charge >= 0.3 is 12.2 Å². The van der Waals surface area contributed by atoms with Gasteiger partial charge in [0.05, 0.1) is 19.8 Å². The van der Waals surface area contributed by atoms with Gasteiger partial charge in [0.15, 0.2) is 17.3 Å². The molecular weight excluding hydrogens is 417 g/mol. The maximum atomic E-state index is 13.9. The summed E-state index contributed by atoms with van der Waals surface area (Å²) in [5.74, 6) is -2.57. The minimum absolute atomic E-state index is 0.0448. The zero-order valence-corrected chi connectivity index (χ0v) is 16.7. The number of rotatable bonds is 6. The molecule has 3 atom stereocenters. The first kappa shape index (κ1) is 22.4. The summed E-state index contributed by atoms with van der Waals surface area (Å²) in [6.07, 6.45) is -5.33. The summed E-state index contributed by atoms with van der Waals surface area (Å²) in [5.41, 5.74) is -3.70. The average Bonchev–Trinajstić information content (AvgIpc) is 2.73. The first-order chi connectivity index (χ1) is 14.6. The van der Waals surface area contributed by atoms with E-state index in [0.717, 1.165) is 0 Å². The fourth-order valence-electron chi connectivity index (χ4n) is 3.55. The van der Waals surface area contributed by atoms with Gasteiger partial charge in [0, 0.05) is 5.56 Å². The van der Waals surface area contributed by atoms with Crippen molar-refractivity contribution in [2.45, 2.75) is 24.9 Å². The highest BCUT2D eigenvalue weighted by molar-refractivity contribution is 6.00. The third kappa shape index (κ3) is 4.15. The van der Waals surface area contributed by atoms with E-state index in [2.05, 4.69) is 5.32 Å². The van der Waals surface area contributed by atoms with Crippen LogP contribution in [0.2, 0.25) is 0 Å². The van der Waals surface area contributed by atoms with Gasteiger partial charge in [0.2, 0.25) is 5.72 Å². The first-order valence-corrected chi connectivity index (χ1v) is 9.40. The van der Waals surface area contributed by atoms with Gasteiger partial charge in [-0.2, -0.15) is 13.2 Å². The fraction of sp³-hybridized carbons (Fsp3) is 0.333. The van der Waals surface area contributed by atoms with Crippen molar-refractivity contribution in [2.24, 2.45) is 5.92 Å². The molecule has 2 aromatic rings. The van der Waals surface area contributed by atoms with E-state index in [9.17, 15) is 27.9 Å². The first-order valence-electron chi connectivity index (χ1n) is 9.40. The third-order valence-corrected chi connectivity index (χ3v) is 4.99. The molecule has 0 aromatic heterocycles. The van der Waals surface area contributed by atoms with Crippen LogP contribution >= 0.6 is 0 Å². The minimum atomic E-state index is -5.33. The lowest BCUT2D eigenvalue weighted by molar-refractivity contribution is -0.287. The molecule has 0 saturated carbocycles. The van der Waals surface area contributed by atoms with Gasteiger partial charge in [-0.1, -0.05) is 36.4 Å². The number of ether oxygens (including phenoxy) is 2. The van der Waals surface area contributed by atoms with Crippen LogP contribution in [-0.4, -0.2) is 42.5 Å². The van der Waals surface area contributed by atoms with E-state index in [1.54, 1.807) is 13.0 Å². The predicted molar refractivity (Wildman–Crippen MR) is 104 cm³/mol. The van der Waals surface area contributed by atoms with Gasteiger partial charge < -0.3 is 25.2 Å². The molecule has 2 amide bonds. The SMILES string of the molecule is CCOc1cc([C@H]2NC(=O)N[C@@](O)(C(F)(F)F)[C@H]2C(=O)c2ccccc2)ccc1OC. The van der Waals surface area contributed by atoms with Gasteiger partial charge in [-0.25, -0.2) is 4.79 Å². The van der Waals surface area contributed by atoms with Crippen molar-refractivity contribution in [1.82, 2.24) is 10.6 Å². The molecule has 7 nitrogen and oxygen atoms in total. The van der Waals surface area contributed by atoms with Crippen molar-refractivity contribution in [2.75, 3.05) is 13.7 Å². The Morgan fingerprint density at radius 3 is 2.42 bits per heavy atom. The Morgan fingerprint density at radius 2 is 1.84 bits per heavy atom. The van der Waals surface area contributed by atoms with Crippen LogP contribution in [0.25, 0.3) is 0 Å². The van der Waals surface area contributed by atoms with Gasteiger partial charge in [0.25, 0.3) is 0 Å². The van der Waals surface area contributed by atoms with Crippen LogP contribution in [0, 0.1) is 5.92 Å². The molecule has 1 aliphatic rings. The largest absolute Gasteiger partial charge is 0.493 e. The number of urea groups is 1. The molecule has 1 heterocycles. The number of ketones is 1. The molecule has 166 valence electrons. The minimum Gasteiger partial charge on any atom is -0.493 e. The Hall–Kier alpha value is -3.27. The van der Waals surface area contributed by atoms with Crippen LogP contribution in [0.15, 0.2) is 48.5 Å². The van der Waals surface area contributed by atoms with Crippen molar-refractivity contribution in [1.29, 1.82) is 0 Å². The number of carbonyl (C=O) groups excluding carboxylic acids is 2. The van der Waals surface area contributed by atoms with Crippen LogP contribution in [0.1, 0.15) is 28.9 Å². The molecule has 1 aliphatic heterocycles. The average molecular weight is 438 g/mol. The van der Waals surface area contributed by atoms with E-state index in [1.807, 2.05) is 0 Å². The number of hydrogen-bond acceptors (Lipinski definition) is 5. The molecule has 10 heteroatoms. The van der Waals surface area contributed by atoms with Crippen molar-refractivity contribution in [3.05, 3.63) is 59.7 Å². The molecular formula is C21H21F3N2O5. The lowest BCUT2D eigenvalue weighted by atomic mass is 9.77. The van der Waals surface area contributed by atoms with Crippen molar-refractivity contribution in [3.63, 3.8) is 0 Å². The van der Waals surface area contributed by atoms with Gasteiger partial charge in [-0.3, -0.25) is 4.79 Å². The quantitative estimate of drug-likeness (QED) is 0.602. The lowest BCUT2D eigenvalue weighted by Gasteiger charge is -2.45. The van der Waals surface area contributed by atoms with Crippen molar-refractivity contribution >= 4 is 11.8 Å². The molecule has 3 N–H and O–H groups in total. The van der Waals surface area contributed by atoms with Crippen LogP contribution in [0.5, 0.6) is 11.5 Å². The Kier molecular flexibility index (Phi) is 6.12. The number of benzene rings is 2. The standard InChI is InChI=1S/C21H21F3N2O5/c1-3-31-15-11-13(9-10-14(15)30-2)17-16(18(27)12-7-5-4-6-8-12)20(29,21(22,23)24)26-19(28)25-17/h4-11,16-17,29H,3H2,1-2H3,(H2,25,26,28)/t16-,17-,20+/m1/s1.